The Labute approximate surface area is 214 Å². The topological polar surface area (TPSA) is 230 Å². The average molecular weight is 522 g/mol. The number of nitrogens with one attached hydrogen (secondary N) is 3. The van der Waals surface area contributed by atoms with Crippen LogP contribution in [0.3, 0.4) is 0 Å². The van der Waals surface area contributed by atoms with E-state index in [-0.39, 0.29) is 31.0 Å². The lowest BCUT2D eigenvalue weighted by Gasteiger charge is -2.31. The first-order chi connectivity index (χ1) is 17.3. The largest absolute Gasteiger partial charge is 0.480 e. The monoisotopic (exact) mass is 521 g/mol. The molecule has 9 N–H and O–H groups in total. The van der Waals surface area contributed by atoms with E-state index in [1.165, 1.54) is 19.1 Å². The Morgan fingerprint density at radius 2 is 1.65 bits per heavy atom. The number of carboxylic acid groups (broad SMARTS) is 1. The Bertz CT molecular complexity index is 981. The molecule has 204 valence electrons. The van der Waals surface area contributed by atoms with Gasteiger partial charge in [-0.05, 0) is 30.9 Å². The number of aliphatic imine (C=N–C) groups is 1. The minimum absolute atomic E-state index is 0.0499. The molecule has 0 bridgehead atoms. The molecular weight excluding hydrogens is 486 g/mol. The summed E-state index contributed by atoms with van der Waals surface area (Å²) in [7, 11) is 0. The SMILES string of the molecule is CC(=O)NC(CCCN=C(N)N)C(=O)C(C(=O)NC(C(=O)NCC(=O)O)C(C)C)N(O)c1ccccc1. The molecule has 14 heteroatoms. The number of carbonyl (C=O) groups is 5. The van der Waals surface area contributed by atoms with E-state index in [1.54, 1.807) is 32.0 Å². The third kappa shape index (κ3) is 10.5. The Morgan fingerprint density at radius 1 is 1.03 bits per heavy atom. The van der Waals surface area contributed by atoms with Crippen molar-refractivity contribution < 1.29 is 34.3 Å². The molecular formula is C23H35N7O7. The zero-order chi connectivity index (χ0) is 28.1. The minimum atomic E-state index is -1.86. The number of para-hydroxylation sites is 1. The van der Waals surface area contributed by atoms with Crippen LogP contribution in [0.4, 0.5) is 5.69 Å². The van der Waals surface area contributed by atoms with Gasteiger partial charge < -0.3 is 32.5 Å². The van der Waals surface area contributed by atoms with Gasteiger partial charge in [0.05, 0.1) is 11.7 Å². The molecule has 37 heavy (non-hydrogen) atoms. The third-order valence-corrected chi connectivity index (χ3v) is 5.11. The second-order valence-corrected chi connectivity index (χ2v) is 8.53. The van der Waals surface area contributed by atoms with Crippen LogP contribution in [0.25, 0.3) is 0 Å². The molecule has 0 aliphatic heterocycles. The van der Waals surface area contributed by atoms with Crippen molar-refractivity contribution in [1.82, 2.24) is 16.0 Å². The molecule has 14 nitrogen and oxygen atoms in total. The highest BCUT2D eigenvalue weighted by Gasteiger charge is 2.39. The summed E-state index contributed by atoms with van der Waals surface area (Å²) in [5, 5.41) is 27.3. The number of hydrogen-bond donors (Lipinski definition) is 7. The summed E-state index contributed by atoms with van der Waals surface area (Å²) in [5.74, 6) is -5.13. The van der Waals surface area contributed by atoms with Gasteiger partial charge in [-0.15, -0.1) is 0 Å². The van der Waals surface area contributed by atoms with Crippen LogP contribution in [0.1, 0.15) is 33.6 Å². The summed E-state index contributed by atoms with van der Waals surface area (Å²) in [6, 6.07) is 3.46. The van der Waals surface area contributed by atoms with Crippen LogP contribution in [0.5, 0.6) is 0 Å². The normalized spacial score (nSPS) is 13.0. The standard InChI is InChI=1S/C23H35N7O7/c1-13(2)18(21(35)27-12-17(32)33)29-22(36)19(30(37)15-8-5-4-6-9-15)20(34)16(28-14(3)31)10-7-11-26-23(24)25/h4-6,8-9,13,16,18-19,37H,7,10-12H2,1-3H3,(H,27,35)(H,28,31)(H,29,36)(H,32,33)(H4,24,25,26). The van der Waals surface area contributed by atoms with Crippen LogP contribution in [0.15, 0.2) is 35.3 Å². The van der Waals surface area contributed by atoms with Crippen molar-refractivity contribution in [2.75, 3.05) is 18.2 Å². The number of hydrogen-bond acceptors (Lipinski definition) is 8. The van der Waals surface area contributed by atoms with Gasteiger partial charge in [0, 0.05) is 13.5 Å². The molecule has 1 aromatic carbocycles. The smallest absolute Gasteiger partial charge is 0.322 e. The van der Waals surface area contributed by atoms with Crippen LogP contribution >= 0.6 is 0 Å². The number of carboxylic acids is 1. The molecule has 0 aliphatic carbocycles. The van der Waals surface area contributed by atoms with Gasteiger partial charge in [-0.3, -0.25) is 34.2 Å². The number of Topliss-reactive ketones (excluding diaryl/α,β-unsaturated/α-hetero) is 1. The summed E-state index contributed by atoms with van der Waals surface area (Å²) >= 11 is 0. The molecule has 1 aromatic rings. The second kappa shape index (κ2) is 15.0. The molecule has 0 heterocycles. The van der Waals surface area contributed by atoms with Crippen LogP contribution in [0.2, 0.25) is 0 Å². The van der Waals surface area contributed by atoms with Crippen molar-refractivity contribution in [3.63, 3.8) is 0 Å². The highest BCUT2D eigenvalue weighted by atomic mass is 16.5. The predicted octanol–water partition coefficient (Wildman–Crippen LogP) is -1.28. The lowest BCUT2D eigenvalue weighted by molar-refractivity contribution is -0.139. The molecule has 3 atom stereocenters. The Morgan fingerprint density at radius 3 is 2.16 bits per heavy atom. The number of hydroxylamine groups is 1. The van der Waals surface area contributed by atoms with Gasteiger partial charge in [-0.25, -0.2) is 5.06 Å². The van der Waals surface area contributed by atoms with Crippen LogP contribution in [0, 0.1) is 5.92 Å². The Hall–Kier alpha value is -4.20. The molecule has 0 radical (unpaired) electrons. The van der Waals surface area contributed by atoms with Crippen LogP contribution in [-0.2, 0) is 24.0 Å². The molecule has 0 saturated heterocycles. The number of guanidine groups is 1. The Balaban J connectivity index is 3.31. The zero-order valence-corrected chi connectivity index (χ0v) is 21.0. The van der Waals surface area contributed by atoms with Crippen molar-refractivity contribution >= 4 is 41.1 Å². The molecule has 0 saturated carbocycles. The van der Waals surface area contributed by atoms with E-state index in [0.717, 1.165) is 0 Å². The molecule has 3 unspecified atom stereocenters. The first-order valence-corrected chi connectivity index (χ1v) is 11.5. The molecule has 0 spiro atoms. The van der Waals surface area contributed by atoms with Crippen molar-refractivity contribution in [2.24, 2.45) is 22.4 Å². The maximum Gasteiger partial charge on any atom is 0.322 e. The molecule has 0 aromatic heterocycles. The number of nitrogens with two attached hydrogens (primary N) is 2. The summed E-state index contributed by atoms with van der Waals surface area (Å²) in [4.78, 5) is 65.9. The number of amides is 3. The number of aliphatic carboxylic acids is 1. The lowest BCUT2D eigenvalue weighted by Crippen LogP contribution is -2.60. The first kappa shape index (κ1) is 30.8. The van der Waals surface area contributed by atoms with Crippen molar-refractivity contribution in [3.8, 4) is 0 Å². The number of benzene rings is 1. The minimum Gasteiger partial charge on any atom is -0.480 e. The maximum absolute atomic E-state index is 13.6. The second-order valence-electron chi connectivity index (χ2n) is 8.53. The van der Waals surface area contributed by atoms with E-state index in [1.807, 2.05) is 0 Å². The van der Waals surface area contributed by atoms with Gasteiger partial charge in [-0.1, -0.05) is 32.0 Å². The zero-order valence-electron chi connectivity index (χ0n) is 21.0. The Kier molecular flexibility index (Phi) is 12.5. The summed E-state index contributed by atoms with van der Waals surface area (Å²) in [6.07, 6.45) is 0.320. The van der Waals surface area contributed by atoms with E-state index in [9.17, 15) is 29.2 Å². The lowest BCUT2D eigenvalue weighted by atomic mass is 9.97. The van der Waals surface area contributed by atoms with Gasteiger partial charge in [0.25, 0.3) is 5.91 Å². The predicted molar refractivity (Wildman–Crippen MR) is 134 cm³/mol. The van der Waals surface area contributed by atoms with Gasteiger partial charge in [-0.2, -0.15) is 0 Å². The number of nitrogens with zero attached hydrogens (tertiary/aromatic N) is 2. The summed E-state index contributed by atoms with van der Waals surface area (Å²) in [5.41, 5.74) is 10.7. The number of carbonyl (C=O) groups excluding carboxylic acids is 4. The van der Waals surface area contributed by atoms with Gasteiger partial charge in [0.15, 0.2) is 17.8 Å². The fourth-order valence-corrected chi connectivity index (χ4v) is 3.36. The van der Waals surface area contributed by atoms with E-state index < -0.39 is 60.1 Å². The van der Waals surface area contributed by atoms with Crippen molar-refractivity contribution in [1.29, 1.82) is 0 Å². The van der Waals surface area contributed by atoms with Crippen LogP contribution < -0.4 is 32.5 Å². The molecule has 1 rings (SSSR count). The molecule has 0 aliphatic rings. The number of ketones is 1. The highest BCUT2D eigenvalue weighted by molar-refractivity contribution is 6.11. The number of rotatable bonds is 15. The van der Waals surface area contributed by atoms with E-state index in [2.05, 4.69) is 20.9 Å². The van der Waals surface area contributed by atoms with Gasteiger partial charge in [0.2, 0.25) is 11.8 Å². The first-order valence-electron chi connectivity index (χ1n) is 11.5. The van der Waals surface area contributed by atoms with E-state index in [4.69, 9.17) is 16.6 Å². The maximum atomic E-state index is 13.6. The van der Waals surface area contributed by atoms with Crippen molar-refractivity contribution in [2.45, 2.75) is 51.7 Å². The fourth-order valence-electron chi connectivity index (χ4n) is 3.36. The highest BCUT2D eigenvalue weighted by Crippen LogP contribution is 2.18. The third-order valence-electron chi connectivity index (χ3n) is 5.11. The molecule has 3 amide bonds. The average Bonchev–Trinajstić information content (AvgIpc) is 2.82. The van der Waals surface area contributed by atoms with Gasteiger partial charge in [0.1, 0.15) is 12.6 Å². The molecule has 0 fully saturated rings. The summed E-state index contributed by atoms with van der Waals surface area (Å²) in [6.45, 7) is 3.90. The quantitative estimate of drug-likeness (QED) is 0.0475. The fraction of sp³-hybridized carbons (Fsp3) is 0.478. The van der Waals surface area contributed by atoms with E-state index >= 15 is 0 Å². The van der Waals surface area contributed by atoms with E-state index in [0.29, 0.717) is 5.06 Å². The van der Waals surface area contributed by atoms with Gasteiger partial charge >= 0.3 is 5.97 Å². The van der Waals surface area contributed by atoms with Crippen LogP contribution in [-0.4, -0.2) is 77.0 Å². The summed E-state index contributed by atoms with van der Waals surface area (Å²) < 4.78 is 0. The van der Waals surface area contributed by atoms with Crippen molar-refractivity contribution in [3.05, 3.63) is 30.3 Å². The number of anilines is 1.